The Kier molecular flexibility index (Phi) is 7.53. The molecule has 9 heteroatoms. The molecule has 1 amide bonds. The van der Waals surface area contributed by atoms with E-state index in [-0.39, 0.29) is 23.2 Å². The van der Waals surface area contributed by atoms with E-state index in [1.807, 2.05) is 26.0 Å². The van der Waals surface area contributed by atoms with Crippen LogP contribution in [0.2, 0.25) is 5.02 Å². The summed E-state index contributed by atoms with van der Waals surface area (Å²) in [6, 6.07) is 9.83. The number of hydrogen-bond acceptors (Lipinski definition) is 5. The molecule has 2 aromatic rings. The van der Waals surface area contributed by atoms with Crippen LogP contribution in [0.3, 0.4) is 0 Å². The maximum absolute atomic E-state index is 12.4. The first-order valence-corrected chi connectivity index (χ1v) is 10.9. The Balaban J connectivity index is 2.07. The van der Waals surface area contributed by atoms with Crippen LogP contribution in [-0.4, -0.2) is 33.8 Å². The van der Waals surface area contributed by atoms with Crippen molar-refractivity contribution in [2.75, 3.05) is 24.2 Å². The van der Waals surface area contributed by atoms with Crippen molar-refractivity contribution in [3.63, 3.8) is 0 Å². The molecule has 7 nitrogen and oxygen atoms in total. The fourth-order valence-electron chi connectivity index (χ4n) is 2.43. The molecule has 0 radical (unpaired) electrons. The highest BCUT2D eigenvalue weighted by molar-refractivity contribution is 7.92. The van der Waals surface area contributed by atoms with E-state index < -0.39 is 10.0 Å². The van der Waals surface area contributed by atoms with E-state index in [0.717, 1.165) is 11.8 Å². The van der Waals surface area contributed by atoms with Crippen LogP contribution in [0.4, 0.5) is 5.69 Å². The molecule has 28 heavy (non-hydrogen) atoms. The summed E-state index contributed by atoms with van der Waals surface area (Å²) >= 11 is 6.06. The van der Waals surface area contributed by atoms with Gasteiger partial charge in [0.25, 0.3) is 5.91 Å². The molecule has 0 unspecified atom stereocenters. The van der Waals surface area contributed by atoms with Crippen molar-refractivity contribution in [3.8, 4) is 11.5 Å². The summed E-state index contributed by atoms with van der Waals surface area (Å²) in [6.45, 7) is 5.09. The second-order valence-electron chi connectivity index (χ2n) is 5.90. The van der Waals surface area contributed by atoms with Crippen molar-refractivity contribution in [2.45, 2.75) is 20.4 Å². The smallest absolute Gasteiger partial charge is 0.251 e. The molecule has 0 bridgehead atoms. The van der Waals surface area contributed by atoms with Crippen LogP contribution in [-0.2, 0) is 16.6 Å². The SMILES string of the molecule is CCOc1ccc(CNC(=O)c2ccc(NS(C)(=O)=O)c(Cl)c2)cc1OCC. The molecule has 2 aromatic carbocycles. The number of carbonyl (C=O) groups excluding carboxylic acids is 1. The summed E-state index contributed by atoms with van der Waals surface area (Å²) in [6.07, 6.45) is 1.03. The van der Waals surface area contributed by atoms with Gasteiger partial charge in [-0.15, -0.1) is 0 Å². The number of sulfonamides is 1. The molecule has 0 aliphatic heterocycles. The van der Waals surface area contributed by atoms with Crippen LogP contribution in [0.1, 0.15) is 29.8 Å². The summed E-state index contributed by atoms with van der Waals surface area (Å²) in [5, 5.41) is 2.94. The Morgan fingerprint density at radius 2 is 1.71 bits per heavy atom. The third-order valence-corrected chi connectivity index (χ3v) is 4.49. The predicted molar refractivity (Wildman–Crippen MR) is 110 cm³/mol. The molecule has 2 rings (SSSR count). The number of rotatable bonds is 9. The number of anilines is 1. The van der Waals surface area contributed by atoms with Gasteiger partial charge in [0.2, 0.25) is 10.0 Å². The highest BCUT2D eigenvalue weighted by Crippen LogP contribution is 2.28. The van der Waals surface area contributed by atoms with Gasteiger partial charge in [-0.2, -0.15) is 0 Å². The fourth-order valence-corrected chi connectivity index (χ4v) is 3.29. The second-order valence-corrected chi connectivity index (χ2v) is 8.05. The highest BCUT2D eigenvalue weighted by Gasteiger charge is 2.12. The maximum Gasteiger partial charge on any atom is 0.251 e. The van der Waals surface area contributed by atoms with Crippen molar-refractivity contribution < 1.29 is 22.7 Å². The van der Waals surface area contributed by atoms with E-state index in [1.165, 1.54) is 18.2 Å². The van der Waals surface area contributed by atoms with Gasteiger partial charge in [0.05, 0.1) is 30.2 Å². The molecule has 0 heterocycles. The molecule has 0 spiro atoms. The van der Waals surface area contributed by atoms with Gasteiger partial charge in [0, 0.05) is 12.1 Å². The van der Waals surface area contributed by atoms with Crippen LogP contribution in [0, 0.1) is 0 Å². The van der Waals surface area contributed by atoms with Gasteiger partial charge in [0.15, 0.2) is 11.5 Å². The minimum absolute atomic E-state index is 0.137. The van der Waals surface area contributed by atoms with Crippen LogP contribution < -0.4 is 19.5 Å². The summed E-state index contributed by atoms with van der Waals surface area (Å²) in [4.78, 5) is 12.4. The average Bonchev–Trinajstić information content (AvgIpc) is 2.62. The van der Waals surface area contributed by atoms with Gasteiger partial charge in [-0.05, 0) is 49.7 Å². The third kappa shape index (κ3) is 6.31. The van der Waals surface area contributed by atoms with Crippen molar-refractivity contribution >= 4 is 33.2 Å². The minimum Gasteiger partial charge on any atom is -0.490 e. The van der Waals surface area contributed by atoms with Crippen molar-refractivity contribution in [3.05, 3.63) is 52.5 Å². The van der Waals surface area contributed by atoms with Gasteiger partial charge in [-0.3, -0.25) is 9.52 Å². The zero-order chi connectivity index (χ0) is 20.7. The largest absolute Gasteiger partial charge is 0.490 e. The number of carbonyl (C=O) groups is 1. The predicted octanol–water partition coefficient (Wildman–Crippen LogP) is 3.44. The van der Waals surface area contributed by atoms with E-state index in [0.29, 0.717) is 30.3 Å². The zero-order valence-electron chi connectivity index (χ0n) is 15.9. The van der Waals surface area contributed by atoms with E-state index in [9.17, 15) is 13.2 Å². The van der Waals surface area contributed by atoms with Crippen LogP contribution in [0.15, 0.2) is 36.4 Å². The normalized spacial score (nSPS) is 11.0. The summed E-state index contributed by atoms with van der Waals surface area (Å²) < 4.78 is 36.0. The van der Waals surface area contributed by atoms with Gasteiger partial charge < -0.3 is 14.8 Å². The van der Waals surface area contributed by atoms with Gasteiger partial charge >= 0.3 is 0 Å². The Labute approximate surface area is 170 Å². The van der Waals surface area contributed by atoms with Gasteiger partial charge in [0.1, 0.15) is 0 Å². The molecule has 0 atom stereocenters. The Morgan fingerprint density at radius 3 is 2.32 bits per heavy atom. The van der Waals surface area contributed by atoms with Gasteiger partial charge in [-0.25, -0.2) is 8.42 Å². The quantitative estimate of drug-likeness (QED) is 0.640. The number of nitrogens with one attached hydrogen (secondary N) is 2. The summed E-state index contributed by atoms with van der Waals surface area (Å²) in [5.41, 5.74) is 1.38. The first kappa shape index (κ1) is 21.8. The number of halogens is 1. The molecule has 0 fully saturated rings. The number of benzene rings is 2. The van der Waals surface area contributed by atoms with E-state index in [2.05, 4.69) is 10.0 Å². The van der Waals surface area contributed by atoms with Crippen molar-refractivity contribution in [2.24, 2.45) is 0 Å². The minimum atomic E-state index is -3.45. The standard InChI is InChI=1S/C19H23ClN2O5S/c1-4-26-17-9-6-13(10-18(17)27-5-2)12-21-19(23)14-7-8-16(15(20)11-14)22-28(3,24)25/h6-11,22H,4-5,12H2,1-3H3,(H,21,23). The lowest BCUT2D eigenvalue weighted by molar-refractivity contribution is 0.0951. The Bertz CT molecular complexity index is 947. The number of amides is 1. The van der Waals surface area contributed by atoms with Crippen LogP contribution in [0.25, 0.3) is 0 Å². The molecule has 0 aromatic heterocycles. The first-order valence-electron chi connectivity index (χ1n) is 8.67. The molecule has 0 aliphatic carbocycles. The monoisotopic (exact) mass is 426 g/mol. The molecule has 152 valence electrons. The first-order chi connectivity index (χ1) is 13.2. The van der Waals surface area contributed by atoms with Gasteiger partial charge in [-0.1, -0.05) is 17.7 Å². The van der Waals surface area contributed by atoms with Crippen molar-refractivity contribution in [1.82, 2.24) is 5.32 Å². The lowest BCUT2D eigenvalue weighted by Gasteiger charge is -2.13. The van der Waals surface area contributed by atoms with Crippen LogP contribution in [0.5, 0.6) is 11.5 Å². The van der Waals surface area contributed by atoms with E-state index >= 15 is 0 Å². The lowest BCUT2D eigenvalue weighted by Crippen LogP contribution is -2.23. The molecule has 0 aliphatic rings. The summed E-state index contributed by atoms with van der Waals surface area (Å²) in [7, 11) is -3.45. The molecule has 0 saturated carbocycles. The summed E-state index contributed by atoms with van der Waals surface area (Å²) in [5.74, 6) is 0.940. The molecular formula is C19H23ClN2O5S. The Morgan fingerprint density at radius 1 is 1.04 bits per heavy atom. The van der Waals surface area contributed by atoms with E-state index in [4.69, 9.17) is 21.1 Å². The zero-order valence-corrected chi connectivity index (χ0v) is 17.5. The Hall–Kier alpha value is -2.45. The maximum atomic E-state index is 12.4. The second kappa shape index (κ2) is 9.66. The fraction of sp³-hybridized carbons (Fsp3) is 0.316. The topological polar surface area (TPSA) is 93.7 Å². The number of hydrogen-bond donors (Lipinski definition) is 2. The molecular weight excluding hydrogens is 404 g/mol. The molecule has 2 N–H and O–H groups in total. The lowest BCUT2D eigenvalue weighted by atomic mass is 10.1. The van der Waals surface area contributed by atoms with Crippen molar-refractivity contribution in [1.29, 1.82) is 0 Å². The molecule has 0 saturated heterocycles. The average molecular weight is 427 g/mol. The highest BCUT2D eigenvalue weighted by atomic mass is 35.5. The third-order valence-electron chi connectivity index (χ3n) is 3.59. The van der Waals surface area contributed by atoms with Crippen LogP contribution >= 0.6 is 11.6 Å². The van der Waals surface area contributed by atoms with E-state index in [1.54, 1.807) is 6.07 Å². The number of ether oxygens (including phenoxy) is 2.